The largest absolute Gasteiger partial charge is 0.486 e. The van der Waals surface area contributed by atoms with Crippen molar-refractivity contribution in [2.75, 3.05) is 26.3 Å². The molecular weight excluding hydrogens is 338 g/mol. The standard InChI is InChI=1S/C19H21NO6/c1-14(18(21)20-9-11-23-12-10-20)25-19(22)17-8-7-16(26-17)13-24-15-5-3-2-4-6-15/h2-8,14H,9-13H2,1H3/t14-/m0/s1. The Hall–Kier alpha value is -2.80. The maximum Gasteiger partial charge on any atom is 0.375 e. The van der Waals surface area contributed by atoms with E-state index in [4.69, 9.17) is 18.6 Å². The molecule has 1 amide bonds. The van der Waals surface area contributed by atoms with Crippen LogP contribution in [0.5, 0.6) is 5.75 Å². The van der Waals surface area contributed by atoms with Gasteiger partial charge in [-0.3, -0.25) is 4.79 Å². The van der Waals surface area contributed by atoms with Gasteiger partial charge < -0.3 is 23.5 Å². The number of morpholine rings is 1. The number of furan rings is 1. The summed E-state index contributed by atoms with van der Waals surface area (Å²) < 4.78 is 21.4. The van der Waals surface area contributed by atoms with Gasteiger partial charge in [0.15, 0.2) is 6.10 Å². The zero-order valence-electron chi connectivity index (χ0n) is 14.6. The monoisotopic (exact) mass is 359 g/mol. The first kappa shape index (κ1) is 18.0. The molecule has 1 aromatic carbocycles. The average molecular weight is 359 g/mol. The second-order valence-corrected chi connectivity index (χ2v) is 5.85. The Kier molecular flexibility index (Phi) is 5.91. The Morgan fingerprint density at radius 1 is 1.12 bits per heavy atom. The number of hydrogen-bond donors (Lipinski definition) is 0. The molecule has 0 radical (unpaired) electrons. The number of hydrogen-bond acceptors (Lipinski definition) is 6. The normalized spacial score (nSPS) is 15.3. The van der Waals surface area contributed by atoms with Crippen LogP contribution in [-0.4, -0.2) is 49.2 Å². The molecule has 138 valence electrons. The third kappa shape index (κ3) is 4.64. The van der Waals surface area contributed by atoms with Gasteiger partial charge in [-0.1, -0.05) is 18.2 Å². The lowest BCUT2D eigenvalue weighted by atomic mass is 10.3. The molecule has 2 aromatic rings. The molecular formula is C19H21NO6. The predicted molar refractivity (Wildman–Crippen MR) is 91.8 cm³/mol. The van der Waals surface area contributed by atoms with Gasteiger partial charge in [0.05, 0.1) is 13.2 Å². The number of carbonyl (C=O) groups is 2. The molecule has 0 spiro atoms. The highest BCUT2D eigenvalue weighted by Gasteiger charge is 2.26. The van der Waals surface area contributed by atoms with Gasteiger partial charge in [-0.2, -0.15) is 0 Å². The number of benzene rings is 1. The van der Waals surface area contributed by atoms with E-state index >= 15 is 0 Å². The molecule has 1 atom stereocenters. The lowest BCUT2D eigenvalue weighted by molar-refractivity contribution is -0.143. The van der Waals surface area contributed by atoms with E-state index in [1.807, 2.05) is 30.3 Å². The fourth-order valence-corrected chi connectivity index (χ4v) is 2.55. The van der Waals surface area contributed by atoms with Gasteiger partial charge in [0.2, 0.25) is 5.76 Å². The van der Waals surface area contributed by atoms with Gasteiger partial charge in [0, 0.05) is 13.1 Å². The maximum atomic E-state index is 12.3. The molecule has 26 heavy (non-hydrogen) atoms. The number of amides is 1. The average Bonchev–Trinajstić information content (AvgIpc) is 3.16. The fourth-order valence-electron chi connectivity index (χ4n) is 2.55. The van der Waals surface area contributed by atoms with Crippen LogP contribution in [0.2, 0.25) is 0 Å². The summed E-state index contributed by atoms with van der Waals surface area (Å²) >= 11 is 0. The first-order valence-corrected chi connectivity index (χ1v) is 8.47. The molecule has 2 heterocycles. The molecule has 0 N–H and O–H groups in total. The van der Waals surface area contributed by atoms with Crippen LogP contribution in [0.4, 0.5) is 0 Å². The quantitative estimate of drug-likeness (QED) is 0.736. The van der Waals surface area contributed by atoms with Crippen LogP contribution in [0.25, 0.3) is 0 Å². The highest BCUT2D eigenvalue weighted by Crippen LogP contribution is 2.15. The minimum Gasteiger partial charge on any atom is -0.486 e. The van der Waals surface area contributed by atoms with E-state index in [0.29, 0.717) is 37.8 Å². The van der Waals surface area contributed by atoms with Crippen molar-refractivity contribution < 1.29 is 28.2 Å². The Morgan fingerprint density at radius 2 is 1.85 bits per heavy atom. The van der Waals surface area contributed by atoms with Crippen LogP contribution in [0.1, 0.15) is 23.2 Å². The first-order chi connectivity index (χ1) is 12.6. The molecule has 3 rings (SSSR count). The van der Waals surface area contributed by atoms with Crippen molar-refractivity contribution in [2.45, 2.75) is 19.6 Å². The lowest BCUT2D eigenvalue weighted by Gasteiger charge is -2.28. The van der Waals surface area contributed by atoms with Gasteiger partial charge in [-0.15, -0.1) is 0 Å². The minimum absolute atomic E-state index is 0.0401. The van der Waals surface area contributed by atoms with Crippen LogP contribution >= 0.6 is 0 Å². The first-order valence-electron chi connectivity index (χ1n) is 8.47. The van der Waals surface area contributed by atoms with E-state index in [9.17, 15) is 9.59 Å². The van der Waals surface area contributed by atoms with Crippen molar-refractivity contribution in [2.24, 2.45) is 0 Å². The van der Waals surface area contributed by atoms with Crippen LogP contribution in [0.15, 0.2) is 46.9 Å². The van der Waals surface area contributed by atoms with Gasteiger partial charge in [0.1, 0.15) is 18.1 Å². The summed E-state index contributed by atoms with van der Waals surface area (Å²) in [6.45, 7) is 3.74. The van der Waals surface area contributed by atoms with Crippen LogP contribution in [-0.2, 0) is 20.9 Å². The summed E-state index contributed by atoms with van der Waals surface area (Å²) in [6.07, 6.45) is -0.880. The van der Waals surface area contributed by atoms with Crippen molar-refractivity contribution >= 4 is 11.9 Å². The number of esters is 1. The topological polar surface area (TPSA) is 78.2 Å². The Balaban J connectivity index is 1.51. The smallest absolute Gasteiger partial charge is 0.375 e. The summed E-state index contributed by atoms with van der Waals surface area (Å²) in [4.78, 5) is 26.1. The Labute approximate surface area is 151 Å². The van der Waals surface area contributed by atoms with Crippen molar-refractivity contribution in [1.29, 1.82) is 0 Å². The summed E-state index contributed by atoms with van der Waals surface area (Å²) in [5.74, 6) is 0.329. The molecule has 0 saturated carbocycles. The Morgan fingerprint density at radius 3 is 2.58 bits per heavy atom. The summed E-state index contributed by atoms with van der Waals surface area (Å²) in [6, 6.07) is 12.5. The predicted octanol–water partition coefficient (Wildman–Crippen LogP) is 2.26. The van der Waals surface area contributed by atoms with E-state index in [0.717, 1.165) is 0 Å². The maximum absolute atomic E-state index is 12.3. The van der Waals surface area contributed by atoms with Crippen molar-refractivity contribution in [3.8, 4) is 5.75 Å². The molecule has 7 nitrogen and oxygen atoms in total. The van der Waals surface area contributed by atoms with E-state index in [1.54, 1.807) is 17.9 Å². The minimum atomic E-state index is -0.880. The van der Waals surface area contributed by atoms with Gasteiger partial charge in [-0.05, 0) is 31.2 Å². The number of ether oxygens (including phenoxy) is 3. The molecule has 7 heteroatoms. The molecule has 1 fully saturated rings. The molecule has 1 aliphatic heterocycles. The van der Waals surface area contributed by atoms with Crippen molar-refractivity contribution in [1.82, 2.24) is 4.90 Å². The molecule has 0 aliphatic carbocycles. The molecule has 0 unspecified atom stereocenters. The van der Waals surface area contributed by atoms with Crippen molar-refractivity contribution in [3.63, 3.8) is 0 Å². The molecule has 0 bridgehead atoms. The van der Waals surface area contributed by atoms with Gasteiger partial charge >= 0.3 is 5.97 Å². The number of carbonyl (C=O) groups excluding carboxylic acids is 2. The second kappa shape index (κ2) is 8.53. The SMILES string of the molecule is C[C@H](OC(=O)c1ccc(COc2ccccc2)o1)C(=O)N1CCOCC1. The highest BCUT2D eigenvalue weighted by molar-refractivity contribution is 5.90. The second-order valence-electron chi connectivity index (χ2n) is 5.85. The van der Waals surface area contributed by atoms with E-state index in [-0.39, 0.29) is 18.3 Å². The fraction of sp³-hybridized carbons (Fsp3) is 0.368. The number of nitrogens with zero attached hydrogens (tertiary/aromatic N) is 1. The zero-order chi connectivity index (χ0) is 18.4. The van der Waals surface area contributed by atoms with E-state index < -0.39 is 12.1 Å². The summed E-state index contributed by atoms with van der Waals surface area (Å²) in [7, 11) is 0. The number of para-hydroxylation sites is 1. The third-order valence-corrected chi connectivity index (χ3v) is 3.94. The summed E-state index contributed by atoms with van der Waals surface area (Å²) in [5.41, 5.74) is 0. The molecule has 1 aromatic heterocycles. The van der Waals surface area contributed by atoms with Crippen LogP contribution < -0.4 is 4.74 Å². The molecule has 1 saturated heterocycles. The van der Waals surface area contributed by atoms with Crippen molar-refractivity contribution in [3.05, 3.63) is 54.0 Å². The van der Waals surface area contributed by atoms with Gasteiger partial charge in [0.25, 0.3) is 5.91 Å². The highest BCUT2D eigenvalue weighted by atomic mass is 16.6. The zero-order valence-corrected chi connectivity index (χ0v) is 14.6. The Bertz CT molecular complexity index is 735. The van der Waals surface area contributed by atoms with Crippen LogP contribution in [0, 0.1) is 0 Å². The van der Waals surface area contributed by atoms with Gasteiger partial charge in [-0.25, -0.2) is 4.79 Å². The van der Waals surface area contributed by atoms with E-state index in [1.165, 1.54) is 6.07 Å². The number of rotatable bonds is 6. The lowest BCUT2D eigenvalue weighted by Crippen LogP contribution is -2.46. The van der Waals surface area contributed by atoms with Crippen LogP contribution in [0.3, 0.4) is 0 Å². The summed E-state index contributed by atoms with van der Waals surface area (Å²) in [5, 5.41) is 0. The third-order valence-electron chi connectivity index (χ3n) is 3.94. The van der Waals surface area contributed by atoms with E-state index in [2.05, 4.69) is 0 Å². The molecule has 1 aliphatic rings.